The molecule has 6 nitrogen and oxygen atoms in total. The van der Waals surface area contributed by atoms with E-state index in [0.717, 1.165) is 16.9 Å². The standard InChI is InChI=1S/C24H20FN3O3/c1-2-16-9-11-18(12-10-16)28-23(30)20(22(29)26-24(28)31)14-19-7-5-13-27(19)15-17-6-3-4-8-21(17)25/h3-14H,2,15H2,1H3,(H,26,29,31)/b20-14+. The first-order valence-corrected chi connectivity index (χ1v) is 9.87. The molecule has 7 heteroatoms. The van der Waals surface area contributed by atoms with Crippen molar-refractivity contribution in [2.24, 2.45) is 0 Å². The molecule has 31 heavy (non-hydrogen) atoms. The normalized spacial score (nSPS) is 15.5. The Morgan fingerprint density at radius 2 is 1.71 bits per heavy atom. The molecule has 1 saturated heterocycles. The van der Waals surface area contributed by atoms with Gasteiger partial charge in [-0.2, -0.15) is 0 Å². The van der Waals surface area contributed by atoms with E-state index in [0.29, 0.717) is 16.9 Å². The maximum Gasteiger partial charge on any atom is 0.335 e. The lowest BCUT2D eigenvalue weighted by molar-refractivity contribution is -0.122. The molecule has 4 rings (SSSR count). The van der Waals surface area contributed by atoms with Gasteiger partial charge in [-0.25, -0.2) is 14.1 Å². The van der Waals surface area contributed by atoms with Gasteiger partial charge in [-0.15, -0.1) is 0 Å². The molecule has 0 atom stereocenters. The van der Waals surface area contributed by atoms with Crippen molar-refractivity contribution in [1.29, 1.82) is 0 Å². The Balaban J connectivity index is 1.66. The molecule has 0 bridgehead atoms. The smallest absolute Gasteiger partial charge is 0.335 e. The number of carbonyl (C=O) groups excluding carboxylic acids is 3. The van der Waals surface area contributed by atoms with E-state index in [-0.39, 0.29) is 17.9 Å². The number of anilines is 1. The molecule has 4 amide bonds. The van der Waals surface area contributed by atoms with Crippen LogP contribution in [0, 0.1) is 5.82 Å². The third-order valence-electron chi connectivity index (χ3n) is 5.16. The number of rotatable bonds is 5. The minimum atomic E-state index is -0.793. The van der Waals surface area contributed by atoms with Crippen molar-refractivity contribution in [2.75, 3.05) is 4.90 Å². The molecule has 0 spiro atoms. The number of urea groups is 1. The van der Waals surface area contributed by atoms with Crippen LogP contribution in [0.1, 0.15) is 23.7 Å². The topological polar surface area (TPSA) is 71.4 Å². The summed E-state index contributed by atoms with van der Waals surface area (Å²) in [6.45, 7) is 2.24. The van der Waals surface area contributed by atoms with Gasteiger partial charge in [0.05, 0.1) is 12.2 Å². The van der Waals surface area contributed by atoms with Crippen molar-refractivity contribution < 1.29 is 18.8 Å². The van der Waals surface area contributed by atoms with Crippen molar-refractivity contribution in [3.8, 4) is 0 Å². The minimum Gasteiger partial charge on any atom is -0.343 e. The van der Waals surface area contributed by atoms with Gasteiger partial charge in [-0.3, -0.25) is 14.9 Å². The summed E-state index contributed by atoms with van der Waals surface area (Å²) in [4.78, 5) is 38.8. The molecule has 156 valence electrons. The number of carbonyl (C=O) groups is 3. The second-order valence-electron chi connectivity index (χ2n) is 7.13. The second kappa shape index (κ2) is 8.39. The van der Waals surface area contributed by atoms with Crippen molar-refractivity contribution in [3.05, 3.63) is 95.1 Å². The summed E-state index contributed by atoms with van der Waals surface area (Å²) in [6.07, 6.45) is 3.97. The van der Waals surface area contributed by atoms with E-state index in [9.17, 15) is 18.8 Å². The summed E-state index contributed by atoms with van der Waals surface area (Å²) < 4.78 is 15.8. The number of aromatic nitrogens is 1. The first kappa shape index (κ1) is 20.3. The molecule has 0 saturated carbocycles. The third kappa shape index (κ3) is 4.02. The highest BCUT2D eigenvalue weighted by molar-refractivity contribution is 6.39. The Labute approximate surface area is 178 Å². The van der Waals surface area contributed by atoms with E-state index in [4.69, 9.17) is 0 Å². The van der Waals surface area contributed by atoms with Crippen LogP contribution >= 0.6 is 0 Å². The lowest BCUT2D eigenvalue weighted by Gasteiger charge is -2.26. The maximum absolute atomic E-state index is 14.0. The Hall–Kier alpha value is -4.00. The second-order valence-corrected chi connectivity index (χ2v) is 7.13. The number of benzene rings is 2. The van der Waals surface area contributed by atoms with Crippen LogP contribution in [-0.4, -0.2) is 22.4 Å². The molecule has 0 aliphatic carbocycles. The van der Waals surface area contributed by atoms with Gasteiger partial charge in [0.15, 0.2) is 0 Å². The zero-order valence-corrected chi connectivity index (χ0v) is 16.8. The number of nitrogens with one attached hydrogen (secondary N) is 1. The van der Waals surface area contributed by atoms with Crippen LogP contribution in [0.3, 0.4) is 0 Å². The fraction of sp³-hybridized carbons (Fsp3) is 0.125. The van der Waals surface area contributed by atoms with Crippen LogP contribution in [0.25, 0.3) is 6.08 Å². The van der Waals surface area contributed by atoms with Gasteiger partial charge in [0.2, 0.25) is 0 Å². The first-order chi connectivity index (χ1) is 15.0. The zero-order valence-electron chi connectivity index (χ0n) is 16.8. The molecule has 1 fully saturated rings. The Morgan fingerprint density at radius 3 is 2.42 bits per heavy atom. The molecule has 1 N–H and O–H groups in total. The summed E-state index contributed by atoms with van der Waals surface area (Å²) in [5, 5.41) is 2.22. The van der Waals surface area contributed by atoms with Crippen molar-refractivity contribution in [1.82, 2.24) is 9.88 Å². The van der Waals surface area contributed by atoms with Crippen LogP contribution in [0.2, 0.25) is 0 Å². The number of amides is 4. The molecular weight excluding hydrogens is 397 g/mol. The minimum absolute atomic E-state index is 0.173. The predicted octanol–water partition coefficient (Wildman–Crippen LogP) is 3.90. The van der Waals surface area contributed by atoms with E-state index in [2.05, 4.69) is 5.32 Å². The summed E-state index contributed by atoms with van der Waals surface area (Å²) in [5.41, 5.74) is 2.28. The van der Waals surface area contributed by atoms with Crippen molar-refractivity contribution in [3.63, 3.8) is 0 Å². The monoisotopic (exact) mass is 417 g/mol. The molecule has 1 aliphatic heterocycles. The average molecular weight is 417 g/mol. The van der Waals surface area contributed by atoms with E-state index in [1.165, 1.54) is 12.1 Å². The van der Waals surface area contributed by atoms with E-state index >= 15 is 0 Å². The van der Waals surface area contributed by atoms with Gasteiger partial charge in [0, 0.05) is 17.5 Å². The summed E-state index contributed by atoms with van der Waals surface area (Å²) in [7, 11) is 0. The number of imide groups is 2. The largest absolute Gasteiger partial charge is 0.343 e. The summed E-state index contributed by atoms with van der Waals surface area (Å²) >= 11 is 0. The number of nitrogens with zero attached hydrogens (tertiary/aromatic N) is 2. The van der Waals surface area contributed by atoms with Gasteiger partial charge in [-0.1, -0.05) is 37.3 Å². The lowest BCUT2D eigenvalue weighted by Crippen LogP contribution is -2.54. The fourth-order valence-electron chi connectivity index (χ4n) is 3.43. The van der Waals surface area contributed by atoms with Crippen LogP contribution in [0.15, 0.2) is 72.4 Å². The third-order valence-corrected chi connectivity index (χ3v) is 5.16. The molecule has 0 radical (unpaired) electrons. The van der Waals surface area contributed by atoms with Gasteiger partial charge < -0.3 is 4.57 Å². The molecular formula is C24H20FN3O3. The van der Waals surface area contributed by atoms with Crippen LogP contribution in [-0.2, 0) is 22.6 Å². The van der Waals surface area contributed by atoms with Gasteiger partial charge in [0.1, 0.15) is 11.4 Å². The zero-order chi connectivity index (χ0) is 22.0. The van der Waals surface area contributed by atoms with Crippen LogP contribution < -0.4 is 10.2 Å². The highest BCUT2D eigenvalue weighted by Gasteiger charge is 2.36. The molecule has 2 aromatic carbocycles. The van der Waals surface area contributed by atoms with E-state index in [1.54, 1.807) is 53.2 Å². The van der Waals surface area contributed by atoms with Crippen molar-refractivity contribution in [2.45, 2.75) is 19.9 Å². The van der Waals surface area contributed by atoms with Gasteiger partial charge in [0.25, 0.3) is 11.8 Å². The van der Waals surface area contributed by atoms with Gasteiger partial charge in [-0.05, 0) is 48.4 Å². The Morgan fingerprint density at radius 1 is 0.968 bits per heavy atom. The summed E-state index contributed by atoms with van der Waals surface area (Å²) in [6, 6.07) is 16.1. The van der Waals surface area contributed by atoms with E-state index < -0.39 is 17.8 Å². The quantitative estimate of drug-likeness (QED) is 0.506. The van der Waals surface area contributed by atoms with Crippen LogP contribution in [0.5, 0.6) is 0 Å². The van der Waals surface area contributed by atoms with Crippen molar-refractivity contribution >= 4 is 29.6 Å². The Kier molecular flexibility index (Phi) is 5.49. The molecule has 1 aromatic heterocycles. The molecule has 1 aliphatic rings. The number of aryl methyl sites for hydroxylation is 1. The first-order valence-electron chi connectivity index (χ1n) is 9.87. The summed E-state index contributed by atoms with van der Waals surface area (Å²) in [5.74, 6) is -1.82. The SMILES string of the molecule is CCc1ccc(N2C(=O)NC(=O)/C(=C\c3cccn3Cc3ccccc3F)C2=O)cc1. The number of hydrogen-bond donors (Lipinski definition) is 1. The number of hydrogen-bond acceptors (Lipinski definition) is 3. The van der Waals surface area contributed by atoms with Gasteiger partial charge >= 0.3 is 6.03 Å². The number of halogens is 1. The average Bonchev–Trinajstić information content (AvgIpc) is 3.20. The fourth-order valence-corrected chi connectivity index (χ4v) is 3.43. The highest BCUT2D eigenvalue weighted by Crippen LogP contribution is 2.23. The molecule has 0 unspecified atom stereocenters. The lowest BCUT2D eigenvalue weighted by atomic mass is 10.1. The van der Waals surface area contributed by atoms with E-state index in [1.807, 2.05) is 19.1 Å². The number of barbiturate groups is 1. The maximum atomic E-state index is 14.0. The molecule has 3 aromatic rings. The Bertz CT molecular complexity index is 1190. The predicted molar refractivity (Wildman–Crippen MR) is 115 cm³/mol. The van der Waals surface area contributed by atoms with Crippen LogP contribution in [0.4, 0.5) is 14.9 Å². The highest BCUT2D eigenvalue weighted by atomic mass is 19.1. The molecule has 2 heterocycles.